The second-order valence-electron chi connectivity index (χ2n) is 5.94. The molecule has 130 valence electrons. The smallest absolute Gasteiger partial charge is 0.401 e. The van der Waals surface area contributed by atoms with Gasteiger partial charge in [-0.25, -0.2) is 4.39 Å². The molecule has 0 amide bonds. The van der Waals surface area contributed by atoms with E-state index >= 15 is 0 Å². The Morgan fingerprint density at radius 1 is 1.30 bits per heavy atom. The van der Waals surface area contributed by atoms with E-state index in [0.29, 0.717) is 37.2 Å². The molecule has 2 rings (SSSR count). The van der Waals surface area contributed by atoms with Crippen LogP contribution < -0.4 is 10.1 Å². The van der Waals surface area contributed by atoms with Crippen molar-refractivity contribution < 1.29 is 22.3 Å². The molecular formula is C16H22F4N2O. The van der Waals surface area contributed by atoms with Gasteiger partial charge in [-0.15, -0.1) is 0 Å². The maximum atomic E-state index is 13.4. The number of nitrogens with one attached hydrogen (secondary N) is 1. The summed E-state index contributed by atoms with van der Waals surface area (Å²) in [6.07, 6.45) is -2.88. The first kappa shape index (κ1) is 18.0. The van der Waals surface area contributed by atoms with Gasteiger partial charge in [-0.3, -0.25) is 4.90 Å². The topological polar surface area (TPSA) is 24.5 Å². The van der Waals surface area contributed by atoms with Gasteiger partial charge in [0.05, 0.1) is 13.7 Å². The minimum absolute atomic E-state index is 0.113. The molecule has 1 N–H and O–H groups in total. The van der Waals surface area contributed by atoms with E-state index in [0.717, 1.165) is 0 Å². The highest BCUT2D eigenvalue weighted by Crippen LogP contribution is 2.27. The van der Waals surface area contributed by atoms with Crippen molar-refractivity contribution in [2.45, 2.75) is 38.0 Å². The maximum absolute atomic E-state index is 13.4. The van der Waals surface area contributed by atoms with Crippen molar-refractivity contribution in [2.75, 3.05) is 26.7 Å². The summed E-state index contributed by atoms with van der Waals surface area (Å²) in [6.45, 7) is 1.86. The van der Waals surface area contributed by atoms with Gasteiger partial charge in [0.15, 0.2) is 0 Å². The molecule has 1 atom stereocenters. The number of methoxy groups -OCH3 is 1. The van der Waals surface area contributed by atoms with Crippen LogP contribution in [0.15, 0.2) is 18.2 Å². The van der Waals surface area contributed by atoms with Crippen molar-refractivity contribution >= 4 is 0 Å². The summed E-state index contributed by atoms with van der Waals surface area (Å²) >= 11 is 0. The zero-order valence-corrected chi connectivity index (χ0v) is 13.3. The zero-order valence-electron chi connectivity index (χ0n) is 13.3. The minimum atomic E-state index is -4.15. The number of rotatable bonds is 5. The molecule has 1 aromatic rings. The van der Waals surface area contributed by atoms with Crippen molar-refractivity contribution in [1.29, 1.82) is 0 Å². The fourth-order valence-electron chi connectivity index (χ4n) is 3.00. The molecule has 3 nitrogen and oxygen atoms in total. The molecule has 23 heavy (non-hydrogen) atoms. The SMILES string of the molecule is COc1ccc(F)cc1C(C)NC1CCN(CC(F)(F)F)CC1. The number of likely N-dealkylation sites (tertiary alicyclic amines) is 1. The first-order valence-electron chi connectivity index (χ1n) is 7.67. The van der Waals surface area contributed by atoms with Crippen molar-refractivity contribution in [3.63, 3.8) is 0 Å². The normalized spacial score (nSPS) is 18.9. The quantitative estimate of drug-likeness (QED) is 0.834. The standard InChI is InChI=1S/C16H22F4N2O/c1-11(14-9-12(17)3-4-15(14)23-2)21-13-5-7-22(8-6-13)10-16(18,19)20/h3-4,9,11,13,21H,5-8,10H2,1-2H3. The van der Waals surface area contributed by atoms with Crippen LogP contribution in [0.5, 0.6) is 5.75 Å². The molecule has 0 radical (unpaired) electrons. The van der Waals surface area contributed by atoms with Crippen LogP contribution in [-0.4, -0.2) is 43.9 Å². The molecule has 0 aliphatic carbocycles. The van der Waals surface area contributed by atoms with Crippen LogP contribution >= 0.6 is 0 Å². The maximum Gasteiger partial charge on any atom is 0.401 e. The predicted molar refractivity (Wildman–Crippen MR) is 80.0 cm³/mol. The summed E-state index contributed by atoms with van der Waals surface area (Å²) in [7, 11) is 1.53. The number of piperidine rings is 1. The third-order valence-electron chi connectivity index (χ3n) is 4.13. The Labute approximate surface area is 133 Å². The predicted octanol–water partition coefficient (Wildman–Crippen LogP) is 3.51. The van der Waals surface area contributed by atoms with Gasteiger partial charge < -0.3 is 10.1 Å². The Balaban J connectivity index is 1.90. The average molecular weight is 334 g/mol. The van der Waals surface area contributed by atoms with Gasteiger partial charge in [-0.2, -0.15) is 13.2 Å². The van der Waals surface area contributed by atoms with Crippen molar-refractivity contribution in [3.05, 3.63) is 29.6 Å². The van der Waals surface area contributed by atoms with Gasteiger partial charge in [0.2, 0.25) is 0 Å². The lowest BCUT2D eigenvalue weighted by atomic mass is 10.0. The summed E-state index contributed by atoms with van der Waals surface area (Å²) in [5, 5.41) is 3.37. The second-order valence-corrected chi connectivity index (χ2v) is 5.94. The molecule has 1 aliphatic heterocycles. The Morgan fingerprint density at radius 2 is 1.96 bits per heavy atom. The third-order valence-corrected chi connectivity index (χ3v) is 4.13. The number of halogens is 4. The van der Waals surface area contributed by atoms with E-state index < -0.39 is 12.7 Å². The lowest BCUT2D eigenvalue weighted by molar-refractivity contribution is -0.148. The Hall–Kier alpha value is -1.34. The van der Waals surface area contributed by atoms with Crippen molar-refractivity contribution in [2.24, 2.45) is 0 Å². The molecular weight excluding hydrogens is 312 g/mol. The van der Waals surface area contributed by atoms with E-state index in [4.69, 9.17) is 4.74 Å². The first-order valence-corrected chi connectivity index (χ1v) is 7.67. The molecule has 1 aromatic carbocycles. The fourth-order valence-corrected chi connectivity index (χ4v) is 3.00. The van der Waals surface area contributed by atoms with Crippen LogP contribution in [0.3, 0.4) is 0 Å². The van der Waals surface area contributed by atoms with E-state index in [9.17, 15) is 17.6 Å². The molecule has 1 fully saturated rings. The lowest BCUT2D eigenvalue weighted by Gasteiger charge is -2.34. The highest BCUT2D eigenvalue weighted by molar-refractivity contribution is 5.36. The Kier molecular flexibility index (Phi) is 5.86. The molecule has 0 spiro atoms. The van der Waals surface area contributed by atoms with E-state index in [2.05, 4.69) is 5.32 Å². The monoisotopic (exact) mass is 334 g/mol. The van der Waals surface area contributed by atoms with Gasteiger partial charge in [0, 0.05) is 17.6 Å². The third kappa shape index (κ3) is 5.35. The molecule has 1 aliphatic rings. The summed E-state index contributed by atoms with van der Waals surface area (Å²) < 4.78 is 55.8. The fraction of sp³-hybridized carbons (Fsp3) is 0.625. The molecule has 1 heterocycles. The minimum Gasteiger partial charge on any atom is -0.496 e. The highest BCUT2D eigenvalue weighted by atomic mass is 19.4. The van der Waals surface area contributed by atoms with Gasteiger partial charge in [0.25, 0.3) is 0 Å². The molecule has 0 bridgehead atoms. The largest absolute Gasteiger partial charge is 0.496 e. The molecule has 0 aromatic heterocycles. The lowest BCUT2D eigenvalue weighted by Crippen LogP contribution is -2.46. The second kappa shape index (κ2) is 7.49. The summed E-state index contributed by atoms with van der Waals surface area (Å²) in [4.78, 5) is 1.42. The Morgan fingerprint density at radius 3 is 2.52 bits per heavy atom. The number of ether oxygens (including phenoxy) is 1. The number of hydrogen-bond donors (Lipinski definition) is 1. The first-order chi connectivity index (χ1) is 10.8. The number of benzene rings is 1. The van der Waals surface area contributed by atoms with Crippen LogP contribution in [0.25, 0.3) is 0 Å². The number of nitrogens with zero attached hydrogens (tertiary/aromatic N) is 1. The van der Waals surface area contributed by atoms with Gasteiger partial charge in [0.1, 0.15) is 11.6 Å². The van der Waals surface area contributed by atoms with Crippen LogP contribution in [0.2, 0.25) is 0 Å². The molecule has 0 saturated carbocycles. The molecule has 7 heteroatoms. The van der Waals surface area contributed by atoms with Crippen LogP contribution in [0.4, 0.5) is 17.6 Å². The summed E-state index contributed by atoms with van der Waals surface area (Å²) in [6, 6.07) is 4.32. The molecule has 1 saturated heterocycles. The van der Waals surface area contributed by atoms with Gasteiger partial charge in [-0.05, 0) is 51.1 Å². The number of alkyl halides is 3. The van der Waals surface area contributed by atoms with E-state index in [1.54, 1.807) is 6.07 Å². The van der Waals surface area contributed by atoms with Crippen LogP contribution in [0, 0.1) is 5.82 Å². The van der Waals surface area contributed by atoms with E-state index in [-0.39, 0.29) is 17.9 Å². The van der Waals surface area contributed by atoms with Crippen molar-refractivity contribution in [3.8, 4) is 5.75 Å². The van der Waals surface area contributed by atoms with Gasteiger partial charge >= 0.3 is 6.18 Å². The van der Waals surface area contributed by atoms with Crippen LogP contribution in [0.1, 0.15) is 31.4 Å². The van der Waals surface area contributed by atoms with E-state index in [1.807, 2.05) is 6.92 Å². The summed E-state index contributed by atoms with van der Waals surface area (Å²) in [5.74, 6) is 0.260. The van der Waals surface area contributed by atoms with Crippen molar-refractivity contribution in [1.82, 2.24) is 10.2 Å². The average Bonchev–Trinajstić information content (AvgIpc) is 2.47. The summed E-state index contributed by atoms with van der Waals surface area (Å²) in [5.41, 5.74) is 0.713. The van der Waals surface area contributed by atoms with E-state index in [1.165, 1.54) is 24.1 Å². The van der Waals surface area contributed by atoms with Gasteiger partial charge in [-0.1, -0.05) is 0 Å². The van der Waals surface area contributed by atoms with Crippen LogP contribution in [-0.2, 0) is 0 Å². The highest BCUT2D eigenvalue weighted by Gasteiger charge is 2.32. The number of hydrogen-bond acceptors (Lipinski definition) is 3. The zero-order chi connectivity index (χ0) is 17.0. The molecule has 1 unspecified atom stereocenters. The Bertz CT molecular complexity index is 513.